The average Bonchev–Trinajstić information content (AvgIpc) is 3.03. The van der Waals surface area contributed by atoms with E-state index in [1.165, 1.54) is 26.0 Å². The lowest BCUT2D eigenvalue weighted by molar-refractivity contribution is -0.249. The van der Waals surface area contributed by atoms with E-state index >= 15 is 0 Å². The number of ether oxygens (including phenoxy) is 4. The van der Waals surface area contributed by atoms with Gasteiger partial charge in [-0.25, -0.2) is 9.59 Å². The second-order valence-corrected chi connectivity index (χ2v) is 12.4. The first kappa shape index (κ1) is 32.2. The lowest BCUT2D eigenvalue weighted by Crippen LogP contribution is -2.81. The van der Waals surface area contributed by atoms with Crippen LogP contribution < -0.4 is 9.47 Å². The van der Waals surface area contributed by atoms with Crippen molar-refractivity contribution in [2.24, 2.45) is 11.8 Å². The summed E-state index contributed by atoms with van der Waals surface area (Å²) >= 11 is 0. The summed E-state index contributed by atoms with van der Waals surface area (Å²) in [6.45, 7) is 2.97. The van der Waals surface area contributed by atoms with Crippen molar-refractivity contribution in [2.75, 3.05) is 14.2 Å². The van der Waals surface area contributed by atoms with Crippen molar-refractivity contribution in [3.8, 4) is 34.1 Å². The van der Waals surface area contributed by atoms with Crippen LogP contribution in [0.25, 0.3) is 16.9 Å². The Morgan fingerprint density at radius 3 is 1.94 bits per heavy atom. The number of aliphatic hydroxyl groups is 5. The molecule has 0 bridgehead atoms. The molecule has 2 aliphatic carbocycles. The van der Waals surface area contributed by atoms with E-state index < -0.39 is 110 Å². The number of aromatic hydroxyl groups is 2. The number of phenolic OH excluding ortho intramolecular Hbond substituents is 2. The van der Waals surface area contributed by atoms with Gasteiger partial charge < -0.3 is 54.7 Å². The molecule has 15 nitrogen and oxygen atoms in total. The second-order valence-electron chi connectivity index (χ2n) is 12.4. The van der Waals surface area contributed by atoms with Gasteiger partial charge in [-0.2, -0.15) is 0 Å². The molecule has 8 atom stereocenters. The van der Waals surface area contributed by atoms with Crippen molar-refractivity contribution in [1.29, 1.82) is 0 Å². The monoisotopic (exact) mass is 656 g/mol. The number of fused-ring (bicyclic) bond motifs is 4. The molecule has 2 aromatic rings. The van der Waals surface area contributed by atoms with Crippen molar-refractivity contribution in [1.82, 2.24) is 0 Å². The van der Waals surface area contributed by atoms with E-state index in [1.807, 2.05) is 0 Å². The first-order valence-electron chi connectivity index (χ1n) is 14.6. The van der Waals surface area contributed by atoms with E-state index in [0.29, 0.717) is 0 Å². The normalized spacial score (nSPS) is 34.2. The fourth-order valence-corrected chi connectivity index (χ4v) is 7.41. The van der Waals surface area contributed by atoms with Gasteiger partial charge in [-0.05, 0) is 42.5 Å². The standard InChI is InChI=1S/C32H32O15/c1-11-9-15(33)21-24(37)19-16(46-30(21,25(11)38)28(41)44-3)7-5-13(22(19)35)14-6-8-17-20(23(14)36)27(40)31(43)18(34)10-12(2)26(39)32(31,47-17)29(42)45-4/h5-8,11-12,18,25-26,34-39,43H,9-10H2,1-4H3. The molecule has 2 fully saturated rings. The van der Waals surface area contributed by atoms with Crippen molar-refractivity contribution in [3.63, 3.8) is 0 Å². The Bertz CT molecular complexity index is 1800. The highest BCUT2D eigenvalue weighted by molar-refractivity contribution is 6.15. The number of benzene rings is 2. The SMILES string of the molecule is COC(=O)C12Oc3ccc(-c4ccc5c(c4O)C(=O)C4(O)C(O)CC(C)C(O)C4(C(=O)OC)O5)c(O)c3C(O)=C1C(=O)CC(C)C2O. The van der Waals surface area contributed by atoms with E-state index in [0.717, 1.165) is 26.4 Å². The number of hydrogen-bond acceptors (Lipinski definition) is 15. The molecule has 47 heavy (non-hydrogen) atoms. The summed E-state index contributed by atoms with van der Waals surface area (Å²) in [7, 11) is 1.94. The molecule has 2 aliphatic heterocycles. The number of carbonyl (C=O) groups is 4. The van der Waals surface area contributed by atoms with Gasteiger partial charge in [0.1, 0.15) is 52.1 Å². The fourth-order valence-electron chi connectivity index (χ4n) is 7.41. The lowest BCUT2D eigenvalue weighted by Gasteiger charge is -2.55. The van der Waals surface area contributed by atoms with E-state index in [9.17, 15) is 54.9 Å². The molecular weight excluding hydrogens is 624 g/mol. The summed E-state index contributed by atoms with van der Waals surface area (Å²) in [6.07, 6.45) is -6.02. The van der Waals surface area contributed by atoms with Crippen LogP contribution >= 0.6 is 0 Å². The molecule has 0 amide bonds. The summed E-state index contributed by atoms with van der Waals surface area (Å²) in [4.78, 5) is 53.3. The summed E-state index contributed by atoms with van der Waals surface area (Å²) in [6, 6.07) is 4.64. The Morgan fingerprint density at radius 1 is 0.809 bits per heavy atom. The molecule has 2 saturated carbocycles. The van der Waals surface area contributed by atoms with Crippen LogP contribution in [0.15, 0.2) is 29.8 Å². The molecule has 0 aromatic heterocycles. The van der Waals surface area contributed by atoms with Crippen LogP contribution in [0.1, 0.15) is 42.6 Å². The maximum Gasteiger partial charge on any atom is 0.358 e. The molecule has 8 unspecified atom stereocenters. The van der Waals surface area contributed by atoms with Crippen LogP contribution in [0.4, 0.5) is 0 Å². The number of rotatable bonds is 3. The predicted octanol–water partition coefficient (Wildman–Crippen LogP) is 0.287. The van der Waals surface area contributed by atoms with E-state index in [1.54, 1.807) is 0 Å². The molecule has 0 spiro atoms. The van der Waals surface area contributed by atoms with Crippen molar-refractivity contribution in [2.45, 2.75) is 61.8 Å². The summed E-state index contributed by atoms with van der Waals surface area (Å²) in [5.41, 5.74) is -10.7. The maximum atomic E-state index is 14.0. The number of ketones is 2. The lowest BCUT2D eigenvalue weighted by atomic mass is 9.60. The van der Waals surface area contributed by atoms with Gasteiger partial charge in [0.25, 0.3) is 11.2 Å². The third-order valence-electron chi connectivity index (χ3n) is 9.85. The molecule has 6 rings (SSSR count). The summed E-state index contributed by atoms with van der Waals surface area (Å²) < 4.78 is 21.3. The molecule has 0 saturated heterocycles. The van der Waals surface area contributed by atoms with Crippen LogP contribution in [0.5, 0.6) is 23.0 Å². The van der Waals surface area contributed by atoms with Crippen molar-refractivity contribution < 1.29 is 73.9 Å². The minimum absolute atomic E-state index is 0.245. The first-order valence-corrected chi connectivity index (χ1v) is 14.6. The minimum Gasteiger partial charge on any atom is -0.506 e. The molecule has 0 radical (unpaired) electrons. The van der Waals surface area contributed by atoms with Gasteiger partial charge in [-0.1, -0.05) is 13.8 Å². The highest BCUT2D eigenvalue weighted by Crippen LogP contribution is 2.56. The van der Waals surface area contributed by atoms with Crippen LogP contribution in [0.2, 0.25) is 0 Å². The average molecular weight is 657 g/mol. The Labute approximate surface area is 266 Å². The van der Waals surface area contributed by atoms with Gasteiger partial charge in [-0.15, -0.1) is 0 Å². The Hall–Kier alpha value is -4.70. The number of aliphatic hydroxyl groups excluding tert-OH is 4. The van der Waals surface area contributed by atoms with Gasteiger partial charge >= 0.3 is 11.9 Å². The van der Waals surface area contributed by atoms with E-state index in [2.05, 4.69) is 0 Å². The Kier molecular flexibility index (Phi) is 7.14. The van der Waals surface area contributed by atoms with Crippen LogP contribution in [0.3, 0.4) is 0 Å². The molecule has 4 aliphatic rings. The number of methoxy groups -OCH3 is 2. The summed E-state index contributed by atoms with van der Waals surface area (Å²) in [5, 5.41) is 79.0. The van der Waals surface area contributed by atoms with E-state index in [-0.39, 0.29) is 29.7 Å². The van der Waals surface area contributed by atoms with Gasteiger partial charge in [0, 0.05) is 17.5 Å². The quantitative estimate of drug-likeness (QED) is 0.219. The number of Topliss-reactive ketones (excluding diaryl/α,β-unsaturated/α-hetero) is 2. The molecule has 2 heterocycles. The van der Waals surface area contributed by atoms with E-state index in [4.69, 9.17) is 18.9 Å². The fraction of sp³-hybridized carbons (Fsp3) is 0.438. The van der Waals surface area contributed by atoms with Crippen molar-refractivity contribution in [3.05, 3.63) is 41.0 Å². The zero-order chi connectivity index (χ0) is 34.5. The van der Waals surface area contributed by atoms with Crippen LogP contribution in [0, 0.1) is 11.8 Å². The molecule has 2 aromatic carbocycles. The molecule has 7 N–H and O–H groups in total. The minimum atomic E-state index is -3.12. The smallest absolute Gasteiger partial charge is 0.358 e. The first-order chi connectivity index (χ1) is 22.1. The van der Waals surface area contributed by atoms with Gasteiger partial charge in [0.15, 0.2) is 5.78 Å². The zero-order valence-corrected chi connectivity index (χ0v) is 25.5. The molecule has 15 heteroatoms. The van der Waals surface area contributed by atoms with Gasteiger partial charge in [-0.3, -0.25) is 9.59 Å². The topological polar surface area (TPSA) is 247 Å². The largest absolute Gasteiger partial charge is 0.506 e. The summed E-state index contributed by atoms with van der Waals surface area (Å²) in [5.74, 6) is -9.64. The third kappa shape index (κ3) is 3.76. The second kappa shape index (κ2) is 10.4. The Balaban J connectivity index is 1.54. The number of esters is 2. The number of hydrogen-bond donors (Lipinski definition) is 7. The predicted molar refractivity (Wildman–Crippen MR) is 155 cm³/mol. The highest BCUT2D eigenvalue weighted by Gasteiger charge is 2.76. The Morgan fingerprint density at radius 2 is 1.36 bits per heavy atom. The third-order valence-corrected chi connectivity index (χ3v) is 9.85. The van der Waals surface area contributed by atoms with Crippen LogP contribution in [-0.2, 0) is 23.9 Å². The number of phenols is 2. The number of carbonyl (C=O) groups excluding carboxylic acids is 4. The van der Waals surface area contributed by atoms with Crippen LogP contribution in [-0.4, -0.2) is 109 Å². The highest BCUT2D eigenvalue weighted by atomic mass is 16.6. The molecule has 250 valence electrons. The maximum absolute atomic E-state index is 14.0. The van der Waals surface area contributed by atoms with Crippen molar-refractivity contribution >= 4 is 29.3 Å². The zero-order valence-electron chi connectivity index (χ0n) is 25.5. The van der Waals surface area contributed by atoms with Gasteiger partial charge in [0.05, 0.1) is 25.9 Å². The van der Waals surface area contributed by atoms with Gasteiger partial charge in [0.2, 0.25) is 11.4 Å². The molecular formula is C32H32O15.